The average Bonchev–Trinajstić information content (AvgIpc) is 2.86. The lowest BCUT2D eigenvalue weighted by molar-refractivity contribution is 0.228. The van der Waals surface area contributed by atoms with Crippen LogP contribution in [0.2, 0.25) is 0 Å². The van der Waals surface area contributed by atoms with Gasteiger partial charge in [0, 0.05) is 24.5 Å². The maximum absolute atomic E-state index is 9.12. The first kappa shape index (κ1) is 9.68. The van der Waals surface area contributed by atoms with Gasteiger partial charge in [-0.2, -0.15) is 0 Å². The monoisotopic (exact) mass is 195 g/mol. The van der Waals surface area contributed by atoms with E-state index in [9.17, 15) is 0 Å². The van der Waals surface area contributed by atoms with Gasteiger partial charge in [-0.1, -0.05) is 0 Å². The Morgan fingerprint density at radius 2 is 2.43 bits per heavy atom. The molecule has 0 saturated heterocycles. The van der Waals surface area contributed by atoms with Crippen molar-refractivity contribution in [3.05, 3.63) is 18.2 Å². The van der Waals surface area contributed by atoms with Crippen LogP contribution >= 0.6 is 0 Å². The normalized spacial score (nSPS) is 18.4. The Morgan fingerprint density at radius 3 is 3.00 bits per heavy atom. The van der Waals surface area contributed by atoms with E-state index in [1.54, 1.807) is 0 Å². The highest BCUT2D eigenvalue weighted by molar-refractivity contribution is 5.03. The largest absolute Gasteiger partial charge is 0.394 e. The van der Waals surface area contributed by atoms with Crippen LogP contribution in [-0.2, 0) is 13.1 Å². The zero-order valence-corrected chi connectivity index (χ0v) is 8.53. The maximum atomic E-state index is 9.12. The van der Waals surface area contributed by atoms with Crippen molar-refractivity contribution in [2.24, 2.45) is 0 Å². The number of nitrogens with one attached hydrogen (secondary N) is 1. The molecule has 4 heteroatoms. The number of aromatic nitrogens is 2. The third-order valence-corrected chi connectivity index (χ3v) is 2.92. The molecule has 78 valence electrons. The molecule has 0 radical (unpaired) electrons. The van der Waals surface area contributed by atoms with Crippen LogP contribution in [0.25, 0.3) is 0 Å². The molecule has 0 unspecified atom stereocenters. The smallest absolute Gasteiger partial charge is 0.122 e. The Bertz CT molecular complexity index is 304. The third-order valence-electron chi connectivity index (χ3n) is 2.92. The predicted octanol–water partition coefficient (Wildman–Crippen LogP) is 0.517. The van der Waals surface area contributed by atoms with Crippen LogP contribution in [0, 0.1) is 0 Å². The molecule has 2 N–H and O–H groups in total. The van der Waals surface area contributed by atoms with Crippen molar-refractivity contribution < 1.29 is 5.11 Å². The van der Waals surface area contributed by atoms with Gasteiger partial charge in [0.2, 0.25) is 0 Å². The number of aliphatic hydroxyl groups excluding tert-OH is 1. The van der Waals surface area contributed by atoms with Crippen LogP contribution in [0.15, 0.2) is 12.4 Å². The Labute approximate surface area is 84.0 Å². The van der Waals surface area contributed by atoms with Gasteiger partial charge in [-0.05, 0) is 19.8 Å². The van der Waals surface area contributed by atoms with Crippen LogP contribution in [0.4, 0.5) is 0 Å². The zero-order chi connectivity index (χ0) is 10.0. The molecular formula is C10H17N3O. The lowest BCUT2D eigenvalue weighted by atomic mass is 10.3. The first-order valence-electron chi connectivity index (χ1n) is 5.15. The van der Waals surface area contributed by atoms with Gasteiger partial charge in [0.15, 0.2) is 0 Å². The Morgan fingerprint density at radius 1 is 1.64 bits per heavy atom. The van der Waals surface area contributed by atoms with Gasteiger partial charge < -0.3 is 15.0 Å². The van der Waals surface area contributed by atoms with Crippen molar-refractivity contribution in [3.63, 3.8) is 0 Å². The van der Waals surface area contributed by atoms with Crippen molar-refractivity contribution in [3.8, 4) is 0 Å². The number of nitrogens with zero attached hydrogens (tertiary/aromatic N) is 2. The van der Waals surface area contributed by atoms with E-state index in [0.717, 1.165) is 31.8 Å². The van der Waals surface area contributed by atoms with E-state index < -0.39 is 0 Å². The second kappa shape index (κ2) is 3.71. The molecule has 1 aromatic rings. The van der Waals surface area contributed by atoms with Gasteiger partial charge in [0.25, 0.3) is 0 Å². The molecule has 1 aliphatic carbocycles. The quantitative estimate of drug-likeness (QED) is 0.720. The lowest BCUT2D eigenvalue weighted by Gasteiger charge is -2.14. The van der Waals surface area contributed by atoms with Crippen molar-refractivity contribution in [2.45, 2.75) is 38.4 Å². The van der Waals surface area contributed by atoms with Gasteiger partial charge >= 0.3 is 0 Å². The molecule has 0 amide bonds. The fraction of sp³-hybridized carbons (Fsp3) is 0.700. The average molecular weight is 195 g/mol. The van der Waals surface area contributed by atoms with Gasteiger partial charge in [-0.15, -0.1) is 0 Å². The van der Waals surface area contributed by atoms with Crippen LogP contribution in [0.1, 0.15) is 25.6 Å². The number of aliphatic hydroxyl groups is 1. The first-order valence-corrected chi connectivity index (χ1v) is 5.15. The molecule has 2 rings (SSSR count). The van der Waals surface area contributed by atoms with Gasteiger partial charge in [0.1, 0.15) is 5.82 Å². The summed E-state index contributed by atoms with van der Waals surface area (Å²) in [5, 5.41) is 12.5. The van der Waals surface area contributed by atoms with E-state index in [-0.39, 0.29) is 12.1 Å². The Kier molecular flexibility index (Phi) is 2.56. The number of imidazole rings is 1. The summed E-state index contributed by atoms with van der Waals surface area (Å²) in [6.45, 7) is 4.04. The highest BCUT2D eigenvalue weighted by Gasteiger charge is 2.41. The Hall–Kier alpha value is -0.870. The van der Waals surface area contributed by atoms with Crippen molar-refractivity contribution in [1.29, 1.82) is 0 Å². The molecule has 1 aromatic heterocycles. The molecule has 0 aromatic carbocycles. The van der Waals surface area contributed by atoms with Gasteiger partial charge in [0.05, 0.1) is 13.2 Å². The zero-order valence-electron chi connectivity index (χ0n) is 8.53. The van der Waals surface area contributed by atoms with E-state index in [0.29, 0.717) is 0 Å². The molecule has 0 atom stereocenters. The van der Waals surface area contributed by atoms with Crippen LogP contribution in [-0.4, -0.2) is 26.8 Å². The summed E-state index contributed by atoms with van der Waals surface area (Å²) in [6.07, 6.45) is 5.96. The molecule has 0 spiro atoms. The molecule has 1 saturated carbocycles. The predicted molar refractivity (Wildman–Crippen MR) is 53.8 cm³/mol. The van der Waals surface area contributed by atoms with E-state index in [1.807, 2.05) is 12.4 Å². The summed E-state index contributed by atoms with van der Waals surface area (Å²) < 4.78 is 2.11. The molecule has 1 fully saturated rings. The minimum atomic E-state index is 0.00449. The van der Waals surface area contributed by atoms with Crippen molar-refractivity contribution >= 4 is 0 Å². The van der Waals surface area contributed by atoms with Crippen molar-refractivity contribution in [2.75, 3.05) is 6.61 Å². The van der Waals surface area contributed by atoms with Crippen molar-refractivity contribution in [1.82, 2.24) is 14.9 Å². The summed E-state index contributed by atoms with van der Waals surface area (Å²) in [4.78, 5) is 4.27. The lowest BCUT2D eigenvalue weighted by Crippen LogP contribution is -2.34. The van der Waals surface area contributed by atoms with E-state index in [2.05, 4.69) is 21.8 Å². The molecule has 14 heavy (non-hydrogen) atoms. The fourth-order valence-corrected chi connectivity index (χ4v) is 1.60. The summed E-state index contributed by atoms with van der Waals surface area (Å²) in [5.41, 5.74) is 0.00449. The van der Waals surface area contributed by atoms with Gasteiger partial charge in [-0.3, -0.25) is 0 Å². The van der Waals surface area contributed by atoms with E-state index >= 15 is 0 Å². The van der Waals surface area contributed by atoms with Crippen LogP contribution < -0.4 is 5.32 Å². The second-order valence-electron chi connectivity index (χ2n) is 3.92. The summed E-state index contributed by atoms with van der Waals surface area (Å²) in [5.74, 6) is 1.05. The van der Waals surface area contributed by atoms with Gasteiger partial charge in [-0.25, -0.2) is 4.98 Å². The molecular weight excluding hydrogens is 178 g/mol. The number of aryl methyl sites for hydroxylation is 1. The van der Waals surface area contributed by atoms with E-state index in [4.69, 9.17) is 5.11 Å². The number of hydrogen-bond acceptors (Lipinski definition) is 3. The van der Waals surface area contributed by atoms with E-state index in [1.165, 1.54) is 0 Å². The summed E-state index contributed by atoms with van der Waals surface area (Å²) >= 11 is 0. The topological polar surface area (TPSA) is 50.1 Å². The summed E-state index contributed by atoms with van der Waals surface area (Å²) in [7, 11) is 0. The molecule has 1 aliphatic rings. The fourth-order valence-electron chi connectivity index (χ4n) is 1.60. The SMILES string of the molecule is CCn1ccnc1CNC1(CO)CC1. The van der Waals surface area contributed by atoms with Crippen LogP contribution in [0.3, 0.4) is 0 Å². The number of rotatable bonds is 5. The second-order valence-corrected chi connectivity index (χ2v) is 3.92. The maximum Gasteiger partial charge on any atom is 0.122 e. The highest BCUT2D eigenvalue weighted by Crippen LogP contribution is 2.34. The highest BCUT2D eigenvalue weighted by atomic mass is 16.3. The molecule has 1 heterocycles. The third kappa shape index (κ3) is 1.81. The first-order chi connectivity index (χ1) is 6.79. The Balaban J connectivity index is 1.91. The minimum absolute atomic E-state index is 0.00449. The molecule has 0 bridgehead atoms. The molecule has 0 aliphatic heterocycles. The number of hydrogen-bond donors (Lipinski definition) is 2. The molecule has 4 nitrogen and oxygen atoms in total. The van der Waals surface area contributed by atoms with Crippen LogP contribution in [0.5, 0.6) is 0 Å². The standard InChI is InChI=1S/C10H17N3O/c1-2-13-6-5-11-9(13)7-12-10(8-14)3-4-10/h5-6,12,14H,2-4,7-8H2,1H3. The minimum Gasteiger partial charge on any atom is -0.394 e. The summed E-state index contributed by atoms with van der Waals surface area (Å²) in [6, 6.07) is 0.